The van der Waals surface area contributed by atoms with Gasteiger partial charge in [0.25, 0.3) is 0 Å². The molecule has 0 aromatic heterocycles. The molecule has 1 aliphatic carbocycles. The number of hydrogen-bond acceptors (Lipinski definition) is 4. The van der Waals surface area contributed by atoms with E-state index in [2.05, 4.69) is 11.9 Å². The number of carbonyl (C=O) groups excluding carboxylic acids is 2. The summed E-state index contributed by atoms with van der Waals surface area (Å²) in [6, 6.07) is 0. The maximum atomic E-state index is 11.8. The van der Waals surface area contributed by atoms with E-state index < -0.39 is 23.2 Å². The molecule has 5 heteroatoms. The number of rotatable bonds is 4. The van der Waals surface area contributed by atoms with Crippen molar-refractivity contribution in [3.63, 3.8) is 0 Å². The fourth-order valence-corrected chi connectivity index (χ4v) is 1.94. The van der Waals surface area contributed by atoms with Crippen molar-refractivity contribution >= 4 is 12.1 Å². The molecule has 18 heavy (non-hydrogen) atoms. The normalized spacial score (nSPS) is 26.1. The lowest BCUT2D eigenvalue weighted by atomic mass is 10.1. The molecule has 0 spiro atoms. The van der Waals surface area contributed by atoms with Crippen LogP contribution in [-0.4, -0.2) is 30.3 Å². The largest absolute Gasteiger partial charge is 0.467 e. The molecule has 102 valence electrons. The van der Waals surface area contributed by atoms with Crippen molar-refractivity contribution in [1.29, 1.82) is 0 Å². The van der Waals surface area contributed by atoms with Crippen LogP contribution in [0.2, 0.25) is 0 Å². The van der Waals surface area contributed by atoms with E-state index in [1.807, 2.05) is 0 Å². The van der Waals surface area contributed by atoms with Gasteiger partial charge < -0.3 is 14.8 Å². The highest BCUT2D eigenvalue weighted by Gasteiger charge is 2.62. The molecule has 0 aromatic rings. The first-order chi connectivity index (χ1) is 8.25. The van der Waals surface area contributed by atoms with Gasteiger partial charge in [-0.2, -0.15) is 0 Å². The van der Waals surface area contributed by atoms with Crippen LogP contribution in [0.15, 0.2) is 12.7 Å². The molecular formula is C13H21NO4. The fraction of sp³-hybridized carbons (Fsp3) is 0.692. The van der Waals surface area contributed by atoms with Crippen molar-refractivity contribution in [3.8, 4) is 0 Å². The minimum atomic E-state index is -0.939. The summed E-state index contributed by atoms with van der Waals surface area (Å²) in [6.07, 6.45) is 2.35. The van der Waals surface area contributed by atoms with Gasteiger partial charge in [0.05, 0.1) is 7.11 Å². The van der Waals surface area contributed by atoms with Crippen LogP contribution in [0.1, 0.15) is 33.6 Å². The number of carbonyl (C=O) groups is 2. The van der Waals surface area contributed by atoms with Crippen LogP contribution in [0.3, 0.4) is 0 Å². The van der Waals surface area contributed by atoms with E-state index in [4.69, 9.17) is 9.47 Å². The van der Waals surface area contributed by atoms with Gasteiger partial charge >= 0.3 is 12.1 Å². The SMILES string of the molecule is C=CC[C@@H]1C[C@]1(NC(=O)OC(C)(C)C)C(=O)OC. The van der Waals surface area contributed by atoms with Crippen LogP contribution in [0.25, 0.3) is 0 Å². The smallest absolute Gasteiger partial charge is 0.408 e. The second-order valence-electron chi connectivity index (χ2n) is 5.52. The molecule has 2 atom stereocenters. The maximum absolute atomic E-state index is 11.8. The summed E-state index contributed by atoms with van der Waals surface area (Å²) >= 11 is 0. The zero-order valence-corrected chi connectivity index (χ0v) is 11.4. The first-order valence-corrected chi connectivity index (χ1v) is 5.95. The highest BCUT2D eigenvalue weighted by molar-refractivity contribution is 5.89. The lowest BCUT2D eigenvalue weighted by Crippen LogP contribution is -2.47. The Hall–Kier alpha value is -1.52. The van der Waals surface area contributed by atoms with Crippen LogP contribution in [0.4, 0.5) is 4.79 Å². The summed E-state index contributed by atoms with van der Waals surface area (Å²) in [4.78, 5) is 23.5. The molecule has 0 aromatic carbocycles. The average molecular weight is 255 g/mol. The molecule has 1 rings (SSSR count). The Kier molecular flexibility index (Phi) is 4.04. The Morgan fingerprint density at radius 1 is 1.50 bits per heavy atom. The third kappa shape index (κ3) is 3.24. The number of amides is 1. The number of hydrogen-bond donors (Lipinski definition) is 1. The van der Waals surface area contributed by atoms with E-state index in [-0.39, 0.29) is 5.92 Å². The molecule has 0 aliphatic heterocycles. The van der Waals surface area contributed by atoms with Crippen LogP contribution in [0, 0.1) is 5.92 Å². The van der Waals surface area contributed by atoms with Crippen molar-refractivity contribution in [1.82, 2.24) is 5.32 Å². The van der Waals surface area contributed by atoms with Gasteiger partial charge in [-0.25, -0.2) is 9.59 Å². The summed E-state index contributed by atoms with van der Waals surface area (Å²) in [5.41, 5.74) is -1.53. The van der Waals surface area contributed by atoms with Gasteiger partial charge in [0.2, 0.25) is 0 Å². The first kappa shape index (κ1) is 14.5. The second kappa shape index (κ2) is 5.00. The van der Waals surface area contributed by atoms with Gasteiger partial charge in [0.1, 0.15) is 11.1 Å². The predicted octanol–water partition coefficient (Wildman–Crippen LogP) is 2.02. The van der Waals surface area contributed by atoms with Gasteiger partial charge in [-0.15, -0.1) is 6.58 Å². The monoisotopic (exact) mass is 255 g/mol. The van der Waals surface area contributed by atoms with Gasteiger partial charge in [0, 0.05) is 0 Å². The number of nitrogens with one attached hydrogen (secondary N) is 1. The summed E-state index contributed by atoms with van der Waals surface area (Å²) < 4.78 is 9.89. The van der Waals surface area contributed by atoms with E-state index in [9.17, 15) is 9.59 Å². The molecule has 0 heterocycles. The third-order valence-corrected chi connectivity index (χ3v) is 2.83. The molecule has 5 nitrogen and oxygen atoms in total. The Balaban J connectivity index is 2.68. The van der Waals surface area contributed by atoms with E-state index in [1.165, 1.54) is 7.11 Å². The first-order valence-electron chi connectivity index (χ1n) is 5.95. The molecule has 1 aliphatic rings. The third-order valence-electron chi connectivity index (χ3n) is 2.83. The Labute approximate surface area is 108 Å². The molecule has 1 N–H and O–H groups in total. The zero-order chi connectivity index (χ0) is 14.0. The van der Waals surface area contributed by atoms with Gasteiger partial charge in [0.15, 0.2) is 0 Å². The molecule has 0 bridgehead atoms. The standard InChI is InChI=1S/C13H21NO4/c1-6-7-9-8-13(9,10(15)17-5)14-11(16)18-12(2,3)4/h6,9H,1,7-8H2,2-5H3,(H,14,16)/t9-,13-/m1/s1. The predicted molar refractivity (Wildman–Crippen MR) is 67.0 cm³/mol. The molecule has 0 saturated heterocycles. The topological polar surface area (TPSA) is 64.6 Å². The van der Waals surface area contributed by atoms with E-state index >= 15 is 0 Å². The Morgan fingerprint density at radius 2 is 2.11 bits per heavy atom. The molecular weight excluding hydrogens is 234 g/mol. The van der Waals surface area contributed by atoms with Crippen LogP contribution >= 0.6 is 0 Å². The molecule has 1 fully saturated rings. The number of alkyl carbamates (subject to hydrolysis) is 1. The second-order valence-corrected chi connectivity index (χ2v) is 5.52. The summed E-state index contributed by atoms with van der Waals surface area (Å²) in [5.74, 6) is -0.393. The molecule has 1 amide bonds. The number of esters is 1. The summed E-state index contributed by atoms with van der Waals surface area (Å²) in [6.45, 7) is 8.94. The average Bonchev–Trinajstić information content (AvgIpc) is 2.89. The minimum absolute atomic E-state index is 0.0370. The molecule has 1 saturated carbocycles. The van der Waals surface area contributed by atoms with Gasteiger partial charge in [-0.3, -0.25) is 0 Å². The van der Waals surface area contributed by atoms with Crippen LogP contribution in [0.5, 0.6) is 0 Å². The van der Waals surface area contributed by atoms with Crippen molar-refractivity contribution in [2.24, 2.45) is 5.92 Å². The fourth-order valence-electron chi connectivity index (χ4n) is 1.94. The van der Waals surface area contributed by atoms with E-state index in [0.717, 1.165) is 0 Å². The maximum Gasteiger partial charge on any atom is 0.408 e. The number of allylic oxidation sites excluding steroid dienone is 1. The van der Waals surface area contributed by atoms with Crippen molar-refractivity contribution < 1.29 is 19.1 Å². The lowest BCUT2D eigenvalue weighted by Gasteiger charge is -2.23. The van der Waals surface area contributed by atoms with Gasteiger partial charge in [-0.05, 0) is 39.5 Å². The Morgan fingerprint density at radius 3 is 2.56 bits per heavy atom. The number of ether oxygens (including phenoxy) is 2. The van der Waals surface area contributed by atoms with Crippen molar-refractivity contribution in [2.75, 3.05) is 7.11 Å². The zero-order valence-electron chi connectivity index (χ0n) is 11.4. The highest BCUT2D eigenvalue weighted by Crippen LogP contribution is 2.47. The minimum Gasteiger partial charge on any atom is -0.467 e. The highest BCUT2D eigenvalue weighted by atomic mass is 16.6. The molecule has 0 unspecified atom stereocenters. The molecule has 0 radical (unpaired) electrons. The Bertz CT molecular complexity index is 358. The lowest BCUT2D eigenvalue weighted by molar-refractivity contribution is -0.144. The number of methoxy groups -OCH3 is 1. The van der Waals surface area contributed by atoms with Crippen molar-refractivity contribution in [3.05, 3.63) is 12.7 Å². The summed E-state index contributed by atoms with van der Waals surface area (Å²) in [5, 5.41) is 2.63. The van der Waals surface area contributed by atoms with E-state index in [0.29, 0.717) is 12.8 Å². The van der Waals surface area contributed by atoms with Gasteiger partial charge in [-0.1, -0.05) is 6.08 Å². The van der Waals surface area contributed by atoms with E-state index in [1.54, 1.807) is 26.8 Å². The quantitative estimate of drug-likeness (QED) is 0.616. The van der Waals surface area contributed by atoms with Crippen LogP contribution < -0.4 is 5.32 Å². The summed E-state index contributed by atoms with van der Waals surface area (Å²) in [7, 11) is 1.31. The van der Waals surface area contributed by atoms with Crippen LogP contribution in [-0.2, 0) is 14.3 Å². The van der Waals surface area contributed by atoms with Crippen molar-refractivity contribution in [2.45, 2.75) is 44.8 Å².